The zero-order valence-electron chi connectivity index (χ0n) is 11.1. The van der Waals surface area contributed by atoms with Gasteiger partial charge in [-0.25, -0.2) is 8.78 Å². The van der Waals surface area contributed by atoms with Crippen molar-refractivity contribution in [1.82, 2.24) is 0 Å². The monoisotopic (exact) mass is 278 g/mol. The van der Waals surface area contributed by atoms with Gasteiger partial charge in [0, 0.05) is 0 Å². The molecule has 0 radical (unpaired) electrons. The zero-order valence-corrected chi connectivity index (χ0v) is 11.1. The van der Waals surface area contributed by atoms with Gasteiger partial charge < -0.3 is 9.84 Å². The van der Waals surface area contributed by atoms with Crippen LogP contribution < -0.4 is 4.74 Å². The molecule has 1 unspecified atom stereocenters. The van der Waals surface area contributed by atoms with E-state index >= 15 is 0 Å². The summed E-state index contributed by atoms with van der Waals surface area (Å²) < 4.78 is 31.8. The Morgan fingerprint density at radius 3 is 2.20 bits per heavy atom. The third-order valence-corrected chi connectivity index (χ3v) is 3.08. The maximum atomic E-state index is 13.4. The van der Waals surface area contributed by atoms with E-state index in [1.54, 1.807) is 12.1 Å². The SMILES string of the molecule is CCc1ccc(C(O)COc2c(F)cccc2F)cc1. The summed E-state index contributed by atoms with van der Waals surface area (Å²) in [5.41, 5.74) is 1.81. The van der Waals surface area contributed by atoms with Crippen molar-refractivity contribution < 1.29 is 18.6 Å². The molecule has 0 aliphatic rings. The number of benzene rings is 2. The molecule has 0 heterocycles. The van der Waals surface area contributed by atoms with E-state index in [2.05, 4.69) is 0 Å². The molecule has 0 spiro atoms. The lowest BCUT2D eigenvalue weighted by molar-refractivity contribution is 0.103. The second-order valence-electron chi connectivity index (χ2n) is 4.47. The lowest BCUT2D eigenvalue weighted by Gasteiger charge is -2.14. The molecule has 0 aromatic heterocycles. The third-order valence-electron chi connectivity index (χ3n) is 3.08. The minimum Gasteiger partial charge on any atom is -0.484 e. The molecule has 1 N–H and O–H groups in total. The van der Waals surface area contributed by atoms with E-state index < -0.39 is 23.5 Å². The minimum atomic E-state index is -0.931. The van der Waals surface area contributed by atoms with E-state index in [-0.39, 0.29) is 6.61 Å². The number of hydrogen-bond acceptors (Lipinski definition) is 2. The summed E-state index contributed by atoms with van der Waals surface area (Å²) in [6.45, 7) is 1.83. The largest absolute Gasteiger partial charge is 0.484 e. The number of ether oxygens (including phenoxy) is 1. The zero-order chi connectivity index (χ0) is 14.5. The predicted octanol–water partition coefficient (Wildman–Crippen LogP) is 3.64. The van der Waals surface area contributed by atoms with Crippen LogP contribution in [0, 0.1) is 11.6 Å². The summed E-state index contributed by atoms with van der Waals surface area (Å²) >= 11 is 0. The fourth-order valence-electron chi connectivity index (χ4n) is 1.85. The second-order valence-corrected chi connectivity index (χ2v) is 4.47. The van der Waals surface area contributed by atoms with E-state index in [4.69, 9.17) is 4.74 Å². The van der Waals surface area contributed by atoms with E-state index in [0.717, 1.165) is 24.1 Å². The highest BCUT2D eigenvalue weighted by Crippen LogP contribution is 2.23. The number of aliphatic hydroxyl groups excluding tert-OH is 1. The highest BCUT2D eigenvalue weighted by molar-refractivity contribution is 5.27. The van der Waals surface area contributed by atoms with Gasteiger partial charge in [0.1, 0.15) is 12.7 Å². The highest BCUT2D eigenvalue weighted by Gasteiger charge is 2.13. The average molecular weight is 278 g/mol. The molecule has 2 nitrogen and oxygen atoms in total. The number of hydrogen-bond donors (Lipinski definition) is 1. The van der Waals surface area contributed by atoms with Crippen LogP contribution in [0.3, 0.4) is 0 Å². The van der Waals surface area contributed by atoms with Gasteiger partial charge in [-0.05, 0) is 29.7 Å². The van der Waals surface area contributed by atoms with Crippen LogP contribution in [-0.4, -0.2) is 11.7 Å². The van der Waals surface area contributed by atoms with Crippen molar-refractivity contribution in [2.24, 2.45) is 0 Å². The van der Waals surface area contributed by atoms with Crippen LogP contribution in [0.15, 0.2) is 42.5 Å². The third kappa shape index (κ3) is 3.33. The fourth-order valence-corrected chi connectivity index (χ4v) is 1.85. The molecule has 0 fully saturated rings. The molecule has 2 aromatic rings. The van der Waals surface area contributed by atoms with Crippen LogP contribution in [-0.2, 0) is 6.42 Å². The van der Waals surface area contributed by atoms with Crippen LogP contribution >= 0.6 is 0 Å². The first-order valence-electron chi connectivity index (χ1n) is 6.45. The molecular formula is C16H16F2O2. The summed E-state index contributed by atoms with van der Waals surface area (Å²) in [5.74, 6) is -2.02. The van der Waals surface area contributed by atoms with Gasteiger partial charge in [-0.3, -0.25) is 0 Å². The van der Waals surface area contributed by atoms with Gasteiger partial charge in [0.05, 0.1) is 0 Å². The first-order chi connectivity index (χ1) is 9.61. The average Bonchev–Trinajstić information content (AvgIpc) is 2.46. The summed E-state index contributed by atoms with van der Waals surface area (Å²) in [6.07, 6.45) is -0.0206. The summed E-state index contributed by atoms with van der Waals surface area (Å²) in [6, 6.07) is 10.9. The highest BCUT2D eigenvalue weighted by atomic mass is 19.1. The van der Waals surface area contributed by atoms with E-state index in [1.165, 1.54) is 6.07 Å². The van der Waals surface area contributed by atoms with Crippen molar-refractivity contribution in [3.8, 4) is 5.75 Å². The van der Waals surface area contributed by atoms with Crippen molar-refractivity contribution >= 4 is 0 Å². The summed E-state index contributed by atoms with van der Waals surface area (Å²) in [7, 11) is 0. The van der Waals surface area contributed by atoms with E-state index in [9.17, 15) is 13.9 Å². The second kappa shape index (κ2) is 6.48. The van der Waals surface area contributed by atoms with Crippen molar-refractivity contribution in [3.63, 3.8) is 0 Å². The fraction of sp³-hybridized carbons (Fsp3) is 0.250. The van der Waals surface area contributed by atoms with Crippen LogP contribution in [0.5, 0.6) is 5.75 Å². The van der Waals surface area contributed by atoms with Crippen molar-refractivity contribution in [2.45, 2.75) is 19.4 Å². The Balaban J connectivity index is 2.02. The Hall–Kier alpha value is -1.94. The molecule has 0 aliphatic carbocycles. The maximum absolute atomic E-state index is 13.4. The van der Waals surface area contributed by atoms with E-state index in [1.807, 2.05) is 19.1 Å². The first kappa shape index (κ1) is 14.5. The topological polar surface area (TPSA) is 29.5 Å². The van der Waals surface area contributed by atoms with Gasteiger partial charge in [0.25, 0.3) is 0 Å². The molecule has 2 aromatic carbocycles. The summed E-state index contributed by atoms with van der Waals surface area (Å²) in [4.78, 5) is 0. The smallest absolute Gasteiger partial charge is 0.190 e. The molecule has 106 valence electrons. The van der Waals surface area contributed by atoms with Crippen LogP contribution in [0.2, 0.25) is 0 Å². The Morgan fingerprint density at radius 2 is 1.65 bits per heavy atom. The molecular weight excluding hydrogens is 262 g/mol. The predicted molar refractivity (Wildman–Crippen MR) is 72.6 cm³/mol. The van der Waals surface area contributed by atoms with Gasteiger partial charge in [-0.15, -0.1) is 0 Å². The molecule has 0 saturated carbocycles. The minimum absolute atomic E-state index is 0.205. The van der Waals surface area contributed by atoms with Gasteiger partial charge in [-0.1, -0.05) is 37.3 Å². The molecule has 0 bridgehead atoms. The molecule has 4 heteroatoms. The first-order valence-corrected chi connectivity index (χ1v) is 6.45. The molecule has 20 heavy (non-hydrogen) atoms. The Kier molecular flexibility index (Phi) is 4.69. The molecule has 0 aliphatic heterocycles. The lowest BCUT2D eigenvalue weighted by atomic mass is 10.1. The normalized spacial score (nSPS) is 12.2. The van der Waals surface area contributed by atoms with Crippen molar-refractivity contribution in [3.05, 3.63) is 65.2 Å². The molecule has 2 rings (SSSR count). The van der Waals surface area contributed by atoms with Crippen LogP contribution in [0.25, 0.3) is 0 Å². The Labute approximate surface area is 116 Å². The number of rotatable bonds is 5. The van der Waals surface area contributed by atoms with Crippen molar-refractivity contribution in [2.75, 3.05) is 6.61 Å². The van der Waals surface area contributed by atoms with Gasteiger partial charge >= 0.3 is 0 Å². The number of para-hydroxylation sites is 1. The standard InChI is InChI=1S/C16H16F2O2/c1-2-11-6-8-12(9-7-11)15(19)10-20-16-13(17)4-3-5-14(16)18/h3-9,15,19H,2,10H2,1H3. The number of aryl methyl sites for hydroxylation is 1. The molecule has 0 saturated heterocycles. The molecule has 1 atom stereocenters. The van der Waals surface area contributed by atoms with E-state index in [0.29, 0.717) is 5.56 Å². The van der Waals surface area contributed by atoms with Gasteiger partial charge in [0.15, 0.2) is 17.4 Å². The molecule has 0 amide bonds. The maximum Gasteiger partial charge on any atom is 0.190 e. The Bertz CT molecular complexity index is 547. The van der Waals surface area contributed by atoms with Crippen LogP contribution in [0.1, 0.15) is 24.2 Å². The van der Waals surface area contributed by atoms with Gasteiger partial charge in [-0.2, -0.15) is 0 Å². The lowest BCUT2D eigenvalue weighted by Crippen LogP contribution is -2.11. The van der Waals surface area contributed by atoms with Crippen LogP contribution in [0.4, 0.5) is 8.78 Å². The quantitative estimate of drug-likeness (QED) is 0.904. The van der Waals surface area contributed by atoms with Gasteiger partial charge in [0.2, 0.25) is 0 Å². The number of aliphatic hydroxyl groups is 1. The summed E-state index contributed by atoms with van der Waals surface area (Å²) in [5, 5.41) is 9.96. The van der Waals surface area contributed by atoms with Crippen molar-refractivity contribution in [1.29, 1.82) is 0 Å². The Morgan fingerprint density at radius 1 is 1.05 bits per heavy atom. The number of halogens is 2.